The van der Waals surface area contributed by atoms with E-state index in [-0.39, 0.29) is 17.9 Å². The van der Waals surface area contributed by atoms with Crippen LogP contribution >= 0.6 is 0 Å². The molecule has 110 valence electrons. The summed E-state index contributed by atoms with van der Waals surface area (Å²) in [5, 5.41) is 3.69. The number of rotatable bonds is 2. The molecule has 0 aliphatic carbocycles. The van der Waals surface area contributed by atoms with E-state index in [0.29, 0.717) is 24.3 Å². The summed E-state index contributed by atoms with van der Waals surface area (Å²) in [4.78, 5) is 28.6. The zero-order chi connectivity index (χ0) is 15.0. The van der Waals surface area contributed by atoms with Gasteiger partial charge in [0.05, 0.1) is 5.56 Å². The molecule has 0 saturated carbocycles. The standard InChI is InChI=1S/C15H18N4O2/c1-9(20)18-11-4-5-19(8-11)15(21)13-7-17-14-3-2-10(16)6-12(13)14/h2-3,6-7,11,17H,4-5,8,16H2,1H3,(H,18,20). The molecule has 1 fully saturated rings. The van der Waals surface area contributed by atoms with Gasteiger partial charge in [-0.25, -0.2) is 0 Å². The zero-order valence-electron chi connectivity index (χ0n) is 11.8. The first-order valence-corrected chi connectivity index (χ1v) is 6.97. The highest BCUT2D eigenvalue weighted by Crippen LogP contribution is 2.23. The molecule has 21 heavy (non-hydrogen) atoms. The predicted octanol–water partition coefficient (Wildman–Crippen LogP) is 1.10. The first-order chi connectivity index (χ1) is 10.0. The maximum atomic E-state index is 12.6. The molecule has 0 radical (unpaired) electrons. The minimum Gasteiger partial charge on any atom is -0.399 e. The molecule has 6 heteroatoms. The predicted molar refractivity (Wildman–Crippen MR) is 80.8 cm³/mol. The molecule has 6 nitrogen and oxygen atoms in total. The lowest BCUT2D eigenvalue weighted by Gasteiger charge is -2.16. The van der Waals surface area contributed by atoms with Gasteiger partial charge in [-0.15, -0.1) is 0 Å². The number of benzene rings is 1. The molecule has 1 aliphatic rings. The third kappa shape index (κ3) is 2.56. The highest BCUT2D eigenvalue weighted by molar-refractivity contribution is 6.07. The number of likely N-dealkylation sites (tertiary alicyclic amines) is 1. The van der Waals surface area contributed by atoms with Crippen molar-refractivity contribution in [3.8, 4) is 0 Å². The Morgan fingerprint density at radius 3 is 3.00 bits per heavy atom. The topological polar surface area (TPSA) is 91.2 Å². The molecule has 1 unspecified atom stereocenters. The summed E-state index contributed by atoms with van der Waals surface area (Å²) in [5.74, 6) is -0.0890. The number of fused-ring (bicyclic) bond motifs is 1. The van der Waals surface area contributed by atoms with E-state index in [2.05, 4.69) is 10.3 Å². The van der Waals surface area contributed by atoms with Gasteiger partial charge in [-0.3, -0.25) is 9.59 Å². The Morgan fingerprint density at radius 1 is 1.43 bits per heavy atom. The second-order valence-corrected chi connectivity index (χ2v) is 5.44. The van der Waals surface area contributed by atoms with E-state index < -0.39 is 0 Å². The Labute approximate surface area is 122 Å². The van der Waals surface area contributed by atoms with Gasteiger partial charge in [0, 0.05) is 48.8 Å². The molecular formula is C15H18N4O2. The maximum Gasteiger partial charge on any atom is 0.256 e. The summed E-state index contributed by atoms with van der Waals surface area (Å²) in [6.45, 7) is 2.69. The van der Waals surface area contributed by atoms with Gasteiger partial charge in [0.2, 0.25) is 5.91 Å². The number of anilines is 1. The van der Waals surface area contributed by atoms with Crippen LogP contribution in [0.4, 0.5) is 5.69 Å². The van der Waals surface area contributed by atoms with Gasteiger partial charge in [-0.05, 0) is 24.6 Å². The zero-order valence-corrected chi connectivity index (χ0v) is 11.8. The lowest BCUT2D eigenvalue weighted by Crippen LogP contribution is -2.37. The Kier molecular flexibility index (Phi) is 3.29. The molecule has 2 amide bonds. The SMILES string of the molecule is CC(=O)NC1CCN(C(=O)c2c[nH]c3ccc(N)cc23)C1. The number of hydrogen-bond acceptors (Lipinski definition) is 3. The van der Waals surface area contributed by atoms with E-state index in [9.17, 15) is 9.59 Å². The Balaban J connectivity index is 1.81. The van der Waals surface area contributed by atoms with E-state index in [1.165, 1.54) is 6.92 Å². The molecular weight excluding hydrogens is 268 g/mol. The number of aromatic amines is 1. The van der Waals surface area contributed by atoms with Crippen molar-refractivity contribution in [1.82, 2.24) is 15.2 Å². The quantitative estimate of drug-likeness (QED) is 0.722. The minimum atomic E-state index is -0.0610. The second-order valence-electron chi connectivity index (χ2n) is 5.44. The number of hydrogen-bond donors (Lipinski definition) is 3. The van der Waals surface area contributed by atoms with Gasteiger partial charge in [0.25, 0.3) is 5.91 Å². The molecule has 1 aromatic carbocycles. The maximum absolute atomic E-state index is 12.6. The number of nitrogens with two attached hydrogens (primary N) is 1. The molecule has 2 heterocycles. The number of H-pyrrole nitrogens is 1. The molecule has 3 rings (SSSR count). The van der Waals surface area contributed by atoms with E-state index in [0.717, 1.165) is 17.3 Å². The Bertz CT molecular complexity index is 707. The highest BCUT2D eigenvalue weighted by Gasteiger charge is 2.28. The van der Waals surface area contributed by atoms with Crippen molar-refractivity contribution in [3.05, 3.63) is 30.0 Å². The van der Waals surface area contributed by atoms with Crippen molar-refractivity contribution in [2.24, 2.45) is 0 Å². The molecule has 1 aliphatic heterocycles. The largest absolute Gasteiger partial charge is 0.399 e. The number of amides is 2. The molecule has 1 atom stereocenters. The normalized spacial score (nSPS) is 18.1. The van der Waals surface area contributed by atoms with E-state index in [1.807, 2.05) is 6.07 Å². The fourth-order valence-corrected chi connectivity index (χ4v) is 2.84. The number of nitrogens with zero attached hydrogens (tertiary/aromatic N) is 1. The molecule has 4 N–H and O–H groups in total. The van der Waals surface area contributed by atoms with Crippen LogP contribution in [0.15, 0.2) is 24.4 Å². The van der Waals surface area contributed by atoms with Crippen LogP contribution < -0.4 is 11.1 Å². The molecule has 0 bridgehead atoms. The van der Waals surface area contributed by atoms with Crippen molar-refractivity contribution < 1.29 is 9.59 Å². The van der Waals surface area contributed by atoms with Crippen LogP contribution in [0.2, 0.25) is 0 Å². The van der Waals surface area contributed by atoms with E-state index in [4.69, 9.17) is 5.73 Å². The highest BCUT2D eigenvalue weighted by atomic mass is 16.2. The monoisotopic (exact) mass is 286 g/mol. The summed E-state index contributed by atoms with van der Waals surface area (Å²) in [7, 11) is 0. The van der Waals surface area contributed by atoms with Crippen molar-refractivity contribution in [2.45, 2.75) is 19.4 Å². The van der Waals surface area contributed by atoms with Gasteiger partial charge in [-0.1, -0.05) is 0 Å². The summed E-state index contributed by atoms with van der Waals surface area (Å²) < 4.78 is 0. The van der Waals surface area contributed by atoms with Crippen molar-refractivity contribution in [2.75, 3.05) is 18.8 Å². The molecule has 0 spiro atoms. The van der Waals surface area contributed by atoms with Gasteiger partial charge < -0.3 is 20.9 Å². The number of aromatic nitrogens is 1. The van der Waals surface area contributed by atoms with Crippen LogP contribution in [0.25, 0.3) is 10.9 Å². The Hall–Kier alpha value is -2.50. The average Bonchev–Trinajstić information content (AvgIpc) is 3.03. The van der Waals surface area contributed by atoms with E-state index in [1.54, 1.807) is 23.2 Å². The first kappa shape index (κ1) is 13.5. The van der Waals surface area contributed by atoms with E-state index >= 15 is 0 Å². The van der Waals surface area contributed by atoms with Crippen molar-refractivity contribution in [1.29, 1.82) is 0 Å². The molecule has 1 saturated heterocycles. The summed E-state index contributed by atoms with van der Waals surface area (Å²) in [6.07, 6.45) is 2.51. The minimum absolute atomic E-state index is 0.0281. The number of carbonyl (C=O) groups excluding carboxylic acids is 2. The van der Waals surface area contributed by atoms with Crippen LogP contribution in [0, 0.1) is 0 Å². The average molecular weight is 286 g/mol. The number of carbonyl (C=O) groups is 2. The van der Waals surface area contributed by atoms with Gasteiger partial charge in [0.1, 0.15) is 0 Å². The van der Waals surface area contributed by atoms with Crippen molar-refractivity contribution in [3.63, 3.8) is 0 Å². The van der Waals surface area contributed by atoms with Crippen LogP contribution in [-0.4, -0.2) is 40.8 Å². The first-order valence-electron chi connectivity index (χ1n) is 6.97. The molecule has 2 aromatic rings. The van der Waals surface area contributed by atoms with Gasteiger partial charge in [-0.2, -0.15) is 0 Å². The number of nitrogen functional groups attached to an aromatic ring is 1. The summed E-state index contributed by atoms with van der Waals surface area (Å²) >= 11 is 0. The fourth-order valence-electron chi connectivity index (χ4n) is 2.84. The lowest BCUT2D eigenvalue weighted by molar-refractivity contribution is -0.119. The van der Waals surface area contributed by atoms with Crippen LogP contribution in [0.5, 0.6) is 0 Å². The van der Waals surface area contributed by atoms with Gasteiger partial charge >= 0.3 is 0 Å². The lowest BCUT2D eigenvalue weighted by atomic mass is 10.1. The Morgan fingerprint density at radius 2 is 2.24 bits per heavy atom. The summed E-state index contributed by atoms with van der Waals surface area (Å²) in [5.41, 5.74) is 7.95. The number of nitrogens with one attached hydrogen (secondary N) is 2. The van der Waals surface area contributed by atoms with Crippen LogP contribution in [0.3, 0.4) is 0 Å². The third-order valence-corrected chi connectivity index (χ3v) is 3.82. The summed E-state index contributed by atoms with van der Waals surface area (Å²) in [6, 6.07) is 5.52. The fraction of sp³-hybridized carbons (Fsp3) is 0.333. The second kappa shape index (κ2) is 5.12. The van der Waals surface area contributed by atoms with Gasteiger partial charge in [0.15, 0.2) is 0 Å². The third-order valence-electron chi connectivity index (χ3n) is 3.82. The smallest absolute Gasteiger partial charge is 0.256 e. The van der Waals surface area contributed by atoms with Crippen LogP contribution in [0.1, 0.15) is 23.7 Å². The van der Waals surface area contributed by atoms with Crippen LogP contribution in [-0.2, 0) is 4.79 Å². The molecule has 1 aromatic heterocycles. The van der Waals surface area contributed by atoms with Crippen molar-refractivity contribution >= 4 is 28.4 Å².